The lowest BCUT2D eigenvalue weighted by atomic mass is 10.2. The average Bonchev–Trinajstić information content (AvgIpc) is 2.67. The molecule has 0 saturated heterocycles. The standard InChI is InChI=1S/C14H12Cl2N2O2/c1-8-5-10(9(2)20-8)7-17-18-14(19)12-4-3-11(15)6-13(12)16/h3-7H,1-2H3,(H,18,19)/b17-7+. The summed E-state index contributed by atoms with van der Waals surface area (Å²) in [5.74, 6) is 1.13. The van der Waals surface area contributed by atoms with Crippen LogP contribution < -0.4 is 5.43 Å². The summed E-state index contributed by atoms with van der Waals surface area (Å²) in [6.45, 7) is 3.67. The number of benzene rings is 1. The van der Waals surface area contributed by atoms with Crippen LogP contribution in [-0.4, -0.2) is 12.1 Å². The summed E-state index contributed by atoms with van der Waals surface area (Å²) in [6, 6.07) is 6.48. The first-order valence-corrected chi connectivity index (χ1v) is 6.58. The molecule has 0 spiro atoms. The van der Waals surface area contributed by atoms with E-state index in [1.165, 1.54) is 12.3 Å². The number of hydrazone groups is 1. The Labute approximate surface area is 126 Å². The number of amides is 1. The highest BCUT2D eigenvalue weighted by molar-refractivity contribution is 6.36. The third-order valence-electron chi connectivity index (χ3n) is 2.62. The zero-order valence-corrected chi connectivity index (χ0v) is 12.4. The van der Waals surface area contributed by atoms with Gasteiger partial charge in [-0.05, 0) is 38.1 Å². The Balaban J connectivity index is 2.07. The SMILES string of the molecule is Cc1cc(/C=N/NC(=O)c2ccc(Cl)cc2Cl)c(C)o1. The molecule has 104 valence electrons. The van der Waals surface area contributed by atoms with Gasteiger partial charge in [-0.1, -0.05) is 23.2 Å². The fourth-order valence-corrected chi connectivity index (χ4v) is 2.17. The minimum atomic E-state index is -0.402. The predicted molar refractivity (Wildman–Crippen MR) is 79.7 cm³/mol. The van der Waals surface area contributed by atoms with Crippen LogP contribution in [0.1, 0.15) is 27.4 Å². The number of halogens is 2. The van der Waals surface area contributed by atoms with E-state index in [2.05, 4.69) is 10.5 Å². The molecule has 0 atom stereocenters. The first-order chi connectivity index (χ1) is 9.47. The van der Waals surface area contributed by atoms with Crippen molar-refractivity contribution in [3.63, 3.8) is 0 Å². The highest BCUT2D eigenvalue weighted by atomic mass is 35.5. The van der Waals surface area contributed by atoms with E-state index in [0.717, 1.165) is 17.1 Å². The van der Waals surface area contributed by atoms with Crippen LogP contribution in [0.2, 0.25) is 10.0 Å². The molecule has 2 aromatic rings. The molecule has 0 aliphatic heterocycles. The Morgan fingerprint density at radius 2 is 2.05 bits per heavy atom. The summed E-state index contributed by atoms with van der Waals surface area (Å²) in [7, 11) is 0. The average molecular weight is 311 g/mol. The lowest BCUT2D eigenvalue weighted by Gasteiger charge is -2.02. The van der Waals surface area contributed by atoms with E-state index in [4.69, 9.17) is 27.6 Å². The van der Waals surface area contributed by atoms with E-state index in [1.807, 2.05) is 19.9 Å². The summed E-state index contributed by atoms with van der Waals surface area (Å²) in [5.41, 5.74) is 3.53. The van der Waals surface area contributed by atoms with Crippen molar-refractivity contribution < 1.29 is 9.21 Å². The van der Waals surface area contributed by atoms with Crippen molar-refractivity contribution in [2.75, 3.05) is 0 Å². The maximum atomic E-state index is 11.9. The third-order valence-corrected chi connectivity index (χ3v) is 3.17. The predicted octanol–water partition coefficient (Wildman–Crippen LogP) is 3.97. The summed E-state index contributed by atoms with van der Waals surface area (Å²) >= 11 is 11.7. The Morgan fingerprint density at radius 3 is 2.65 bits per heavy atom. The third kappa shape index (κ3) is 3.40. The minimum absolute atomic E-state index is 0.278. The summed E-state index contributed by atoms with van der Waals surface area (Å²) in [6.07, 6.45) is 1.52. The Bertz CT molecular complexity index is 678. The molecular formula is C14H12Cl2N2O2. The van der Waals surface area contributed by atoms with Crippen molar-refractivity contribution in [3.05, 3.63) is 57.0 Å². The molecule has 20 heavy (non-hydrogen) atoms. The van der Waals surface area contributed by atoms with Crippen LogP contribution in [0.4, 0.5) is 0 Å². The second kappa shape index (κ2) is 6.11. The van der Waals surface area contributed by atoms with E-state index in [-0.39, 0.29) is 5.02 Å². The molecule has 0 fully saturated rings. The number of carbonyl (C=O) groups is 1. The first kappa shape index (κ1) is 14.6. The summed E-state index contributed by atoms with van der Waals surface area (Å²) < 4.78 is 5.35. The maximum absolute atomic E-state index is 11.9. The van der Waals surface area contributed by atoms with E-state index in [9.17, 15) is 4.79 Å². The Hall–Kier alpha value is -1.78. The van der Waals surface area contributed by atoms with Crippen LogP contribution in [-0.2, 0) is 0 Å². The molecule has 0 bridgehead atoms. The van der Waals surface area contributed by atoms with E-state index in [0.29, 0.717) is 10.6 Å². The normalized spacial score (nSPS) is 11.0. The Kier molecular flexibility index (Phi) is 4.47. The van der Waals surface area contributed by atoms with Crippen LogP contribution in [0.15, 0.2) is 33.8 Å². The highest BCUT2D eigenvalue weighted by Crippen LogP contribution is 2.20. The highest BCUT2D eigenvalue weighted by Gasteiger charge is 2.09. The van der Waals surface area contributed by atoms with E-state index >= 15 is 0 Å². The van der Waals surface area contributed by atoms with Crippen molar-refractivity contribution in [2.45, 2.75) is 13.8 Å². The number of carbonyl (C=O) groups excluding carboxylic acids is 1. The molecule has 1 aromatic heterocycles. The van der Waals surface area contributed by atoms with Gasteiger partial charge in [0, 0.05) is 10.6 Å². The number of furan rings is 1. The van der Waals surface area contributed by atoms with Crippen molar-refractivity contribution in [1.29, 1.82) is 0 Å². The number of nitrogens with one attached hydrogen (secondary N) is 1. The van der Waals surface area contributed by atoms with Gasteiger partial charge < -0.3 is 4.42 Å². The van der Waals surface area contributed by atoms with Gasteiger partial charge >= 0.3 is 0 Å². The fraction of sp³-hybridized carbons (Fsp3) is 0.143. The zero-order chi connectivity index (χ0) is 14.7. The van der Waals surface area contributed by atoms with Crippen LogP contribution in [0, 0.1) is 13.8 Å². The van der Waals surface area contributed by atoms with Gasteiger partial charge in [-0.15, -0.1) is 0 Å². The minimum Gasteiger partial charge on any atom is -0.466 e. The van der Waals surface area contributed by atoms with Gasteiger partial charge in [0.05, 0.1) is 16.8 Å². The van der Waals surface area contributed by atoms with Gasteiger partial charge in [-0.2, -0.15) is 5.10 Å². The van der Waals surface area contributed by atoms with Gasteiger partial charge in [-0.25, -0.2) is 5.43 Å². The van der Waals surface area contributed by atoms with Crippen LogP contribution in [0.3, 0.4) is 0 Å². The number of hydrogen-bond acceptors (Lipinski definition) is 3. The number of hydrogen-bond donors (Lipinski definition) is 1. The molecule has 1 amide bonds. The molecule has 0 aliphatic rings. The molecule has 0 radical (unpaired) electrons. The lowest BCUT2D eigenvalue weighted by Crippen LogP contribution is -2.18. The van der Waals surface area contributed by atoms with E-state index in [1.54, 1.807) is 12.1 Å². The summed E-state index contributed by atoms with van der Waals surface area (Å²) in [5, 5.41) is 4.63. The van der Waals surface area contributed by atoms with Crippen LogP contribution in [0.5, 0.6) is 0 Å². The molecule has 1 N–H and O–H groups in total. The maximum Gasteiger partial charge on any atom is 0.272 e. The molecular weight excluding hydrogens is 299 g/mol. The van der Waals surface area contributed by atoms with Gasteiger partial charge in [0.15, 0.2) is 0 Å². The molecule has 6 heteroatoms. The quantitative estimate of drug-likeness (QED) is 0.689. The van der Waals surface area contributed by atoms with Gasteiger partial charge in [0.1, 0.15) is 11.5 Å². The molecule has 1 aromatic carbocycles. The molecule has 0 unspecified atom stereocenters. The molecule has 2 rings (SSSR count). The largest absolute Gasteiger partial charge is 0.466 e. The smallest absolute Gasteiger partial charge is 0.272 e. The van der Waals surface area contributed by atoms with Crippen molar-refractivity contribution in [1.82, 2.24) is 5.43 Å². The lowest BCUT2D eigenvalue weighted by molar-refractivity contribution is 0.0955. The van der Waals surface area contributed by atoms with Crippen molar-refractivity contribution in [3.8, 4) is 0 Å². The van der Waals surface area contributed by atoms with E-state index < -0.39 is 5.91 Å². The molecule has 4 nitrogen and oxygen atoms in total. The second-order valence-electron chi connectivity index (χ2n) is 4.19. The fourth-order valence-electron chi connectivity index (χ4n) is 1.67. The molecule has 0 saturated carbocycles. The topological polar surface area (TPSA) is 54.6 Å². The van der Waals surface area contributed by atoms with Gasteiger partial charge in [0.2, 0.25) is 0 Å². The first-order valence-electron chi connectivity index (χ1n) is 5.83. The molecule has 1 heterocycles. The number of rotatable bonds is 3. The van der Waals surface area contributed by atoms with Gasteiger partial charge in [-0.3, -0.25) is 4.79 Å². The second-order valence-corrected chi connectivity index (χ2v) is 5.04. The Morgan fingerprint density at radius 1 is 1.30 bits per heavy atom. The van der Waals surface area contributed by atoms with Crippen LogP contribution in [0.25, 0.3) is 0 Å². The van der Waals surface area contributed by atoms with Gasteiger partial charge in [0.25, 0.3) is 5.91 Å². The number of nitrogens with zero attached hydrogens (tertiary/aromatic N) is 1. The van der Waals surface area contributed by atoms with Crippen molar-refractivity contribution >= 4 is 35.3 Å². The van der Waals surface area contributed by atoms with Crippen LogP contribution >= 0.6 is 23.2 Å². The zero-order valence-electron chi connectivity index (χ0n) is 10.9. The monoisotopic (exact) mass is 310 g/mol. The summed E-state index contributed by atoms with van der Waals surface area (Å²) in [4.78, 5) is 11.9. The number of aryl methyl sites for hydroxylation is 2. The molecule has 0 aliphatic carbocycles. The van der Waals surface area contributed by atoms with Crippen molar-refractivity contribution in [2.24, 2.45) is 5.10 Å².